The van der Waals surface area contributed by atoms with E-state index in [1.807, 2.05) is 33.8 Å². The van der Waals surface area contributed by atoms with Crippen LogP contribution in [0.5, 0.6) is 11.5 Å². The Bertz CT molecular complexity index is 1130. The zero-order valence-corrected chi connectivity index (χ0v) is 19.2. The first-order valence-corrected chi connectivity index (χ1v) is 11.4. The molecule has 0 aromatic heterocycles. The molecular formula is C22H26N2O7S. The van der Waals surface area contributed by atoms with E-state index in [-0.39, 0.29) is 5.75 Å². The Morgan fingerprint density at radius 2 is 1.84 bits per heavy atom. The quantitative estimate of drug-likeness (QED) is 0.329. The molecule has 3 rings (SSSR count). The zero-order chi connectivity index (χ0) is 23.4. The molecule has 172 valence electrons. The van der Waals surface area contributed by atoms with Gasteiger partial charge in [0.25, 0.3) is 0 Å². The minimum atomic E-state index is -4.30. The Hall–Kier alpha value is -3.27. The van der Waals surface area contributed by atoms with Crippen molar-refractivity contribution in [1.82, 2.24) is 0 Å². The van der Waals surface area contributed by atoms with Crippen LogP contribution in [-0.2, 0) is 25.0 Å². The number of nitrogens with one attached hydrogen (secondary N) is 1. The number of amides is 1. The summed E-state index contributed by atoms with van der Waals surface area (Å²) < 4.78 is 44.0. The minimum Gasteiger partial charge on any atom is -0.494 e. The summed E-state index contributed by atoms with van der Waals surface area (Å²) in [6.45, 7) is 7.77. The van der Waals surface area contributed by atoms with Crippen molar-refractivity contribution in [2.75, 3.05) is 11.9 Å². The molecule has 1 aliphatic heterocycles. The summed E-state index contributed by atoms with van der Waals surface area (Å²) in [5.74, 6) is 0.757. The first kappa shape index (κ1) is 23.4. The van der Waals surface area contributed by atoms with Crippen LogP contribution < -0.4 is 14.2 Å². The van der Waals surface area contributed by atoms with Crippen molar-refractivity contribution in [1.29, 1.82) is 0 Å². The number of ether oxygens (including phenoxy) is 2. The van der Waals surface area contributed by atoms with Crippen molar-refractivity contribution in [3.63, 3.8) is 0 Å². The van der Waals surface area contributed by atoms with E-state index in [1.165, 1.54) is 6.21 Å². The van der Waals surface area contributed by atoms with Gasteiger partial charge in [0.05, 0.1) is 12.3 Å². The molecule has 2 aromatic rings. The fourth-order valence-corrected chi connectivity index (χ4v) is 3.60. The molecule has 1 heterocycles. The van der Waals surface area contributed by atoms with Crippen LogP contribution >= 0.6 is 0 Å². The van der Waals surface area contributed by atoms with E-state index < -0.39 is 22.1 Å². The van der Waals surface area contributed by atoms with E-state index >= 15 is 0 Å². The number of anilines is 1. The Labute approximate surface area is 187 Å². The van der Waals surface area contributed by atoms with Crippen molar-refractivity contribution in [3.8, 4) is 11.5 Å². The van der Waals surface area contributed by atoms with Gasteiger partial charge in [-0.1, -0.05) is 11.2 Å². The second kappa shape index (κ2) is 9.47. The monoisotopic (exact) mass is 462 g/mol. The van der Waals surface area contributed by atoms with Crippen LogP contribution in [-0.4, -0.2) is 27.3 Å². The minimum absolute atomic E-state index is 0.160. The molecule has 2 aromatic carbocycles. The number of hydrogen-bond acceptors (Lipinski definition) is 8. The summed E-state index contributed by atoms with van der Waals surface area (Å²) in [6.07, 6.45) is 1.83. The number of unbranched alkanes of at least 4 members (excludes halogenated alkanes) is 1. The molecule has 0 fully saturated rings. The fourth-order valence-electron chi connectivity index (χ4n) is 3.06. The highest BCUT2D eigenvalue weighted by Crippen LogP contribution is 2.37. The molecule has 0 spiro atoms. The molecule has 1 N–H and O–H groups in total. The molecule has 0 aliphatic carbocycles. The van der Waals surface area contributed by atoms with Crippen molar-refractivity contribution in [2.24, 2.45) is 5.16 Å². The predicted octanol–water partition coefficient (Wildman–Crippen LogP) is 4.59. The van der Waals surface area contributed by atoms with Gasteiger partial charge in [0.1, 0.15) is 17.1 Å². The average molecular weight is 463 g/mol. The van der Waals surface area contributed by atoms with Crippen molar-refractivity contribution in [2.45, 2.75) is 46.1 Å². The molecule has 0 saturated heterocycles. The fraction of sp³-hybridized carbons (Fsp3) is 0.364. The standard InChI is InChI=1S/C22H26N2O7S/c1-15-7-8-18(13-16(15)2)30-32(26,27)31-23-11-5-6-12-28-17-9-10-19-20(14-17)24-21(25)29-22(19,3)4/h7-11,13-14H,5-6,12H2,1-4H3,(H,24,25). The number of carbonyl (C=O) groups is 1. The zero-order valence-electron chi connectivity index (χ0n) is 18.4. The topological polar surface area (TPSA) is 113 Å². The highest BCUT2D eigenvalue weighted by Gasteiger charge is 2.33. The van der Waals surface area contributed by atoms with Crippen LogP contribution in [0.4, 0.5) is 10.5 Å². The lowest BCUT2D eigenvalue weighted by atomic mass is 9.95. The lowest BCUT2D eigenvalue weighted by molar-refractivity contribution is 0.0420. The SMILES string of the molecule is Cc1ccc(OS(=O)(=O)ON=CCCCOc2ccc3c(c2)NC(=O)OC3(C)C)cc1C. The van der Waals surface area contributed by atoms with Gasteiger partial charge in [-0.2, -0.15) is 0 Å². The number of benzene rings is 2. The summed E-state index contributed by atoms with van der Waals surface area (Å²) in [5, 5.41) is 6.11. The van der Waals surface area contributed by atoms with Crippen LogP contribution in [0.1, 0.15) is 43.4 Å². The van der Waals surface area contributed by atoms with Gasteiger partial charge in [0.2, 0.25) is 0 Å². The molecule has 1 amide bonds. The van der Waals surface area contributed by atoms with E-state index in [4.69, 9.17) is 13.7 Å². The van der Waals surface area contributed by atoms with Crippen molar-refractivity contribution < 1.29 is 31.2 Å². The molecule has 10 heteroatoms. The summed E-state index contributed by atoms with van der Waals surface area (Å²) >= 11 is 0. The smallest absolute Gasteiger partial charge is 0.494 e. The number of rotatable bonds is 9. The Kier molecular flexibility index (Phi) is 6.93. The lowest BCUT2D eigenvalue weighted by Crippen LogP contribution is -2.34. The molecule has 0 unspecified atom stereocenters. The maximum atomic E-state index is 11.8. The van der Waals surface area contributed by atoms with Gasteiger partial charge in [-0.15, -0.1) is 8.42 Å². The van der Waals surface area contributed by atoms with E-state index in [1.54, 1.807) is 30.3 Å². The molecule has 0 saturated carbocycles. The molecule has 9 nitrogen and oxygen atoms in total. The number of nitrogens with zero attached hydrogens (tertiary/aromatic N) is 1. The molecule has 1 aliphatic rings. The second-order valence-electron chi connectivity index (χ2n) is 7.82. The maximum absolute atomic E-state index is 11.8. The van der Waals surface area contributed by atoms with Crippen molar-refractivity contribution >= 4 is 28.4 Å². The van der Waals surface area contributed by atoms with Crippen LogP contribution in [0.25, 0.3) is 0 Å². The summed E-state index contributed by atoms with van der Waals surface area (Å²) in [6, 6.07) is 10.3. The Balaban J connectivity index is 1.42. The molecule has 0 radical (unpaired) electrons. The predicted molar refractivity (Wildman–Crippen MR) is 119 cm³/mol. The maximum Gasteiger partial charge on any atom is 0.521 e. The molecular weight excluding hydrogens is 436 g/mol. The summed E-state index contributed by atoms with van der Waals surface area (Å²) in [4.78, 5) is 11.7. The van der Waals surface area contributed by atoms with Crippen LogP contribution in [0, 0.1) is 13.8 Å². The van der Waals surface area contributed by atoms with Gasteiger partial charge in [-0.05, 0) is 75.9 Å². The lowest BCUT2D eigenvalue weighted by Gasteiger charge is -2.32. The third-order valence-corrected chi connectivity index (χ3v) is 5.52. The number of aryl methyl sites for hydroxylation is 2. The molecule has 0 bridgehead atoms. The largest absolute Gasteiger partial charge is 0.521 e. The molecule has 0 atom stereocenters. The second-order valence-corrected chi connectivity index (χ2v) is 8.96. The van der Waals surface area contributed by atoms with Crippen LogP contribution in [0.15, 0.2) is 41.6 Å². The first-order valence-electron chi connectivity index (χ1n) is 10.1. The van der Waals surface area contributed by atoms with Gasteiger partial charge in [-0.25, -0.2) is 9.08 Å². The third kappa shape index (κ3) is 6.13. The van der Waals surface area contributed by atoms with E-state index in [9.17, 15) is 13.2 Å². The van der Waals surface area contributed by atoms with Crippen LogP contribution in [0.3, 0.4) is 0 Å². The third-order valence-electron chi connectivity index (χ3n) is 4.86. The highest BCUT2D eigenvalue weighted by molar-refractivity contribution is 7.82. The first-order chi connectivity index (χ1) is 15.1. The van der Waals surface area contributed by atoms with Gasteiger partial charge < -0.3 is 13.7 Å². The average Bonchev–Trinajstić information content (AvgIpc) is 2.68. The van der Waals surface area contributed by atoms with Gasteiger partial charge in [0.15, 0.2) is 0 Å². The van der Waals surface area contributed by atoms with Gasteiger partial charge in [0, 0.05) is 17.8 Å². The van der Waals surface area contributed by atoms with Crippen LogP contribution in [0.2, 0.25) is 0 Å². The normalized spacial score (nSPS) is 14.9. The van der Waals surface area contributed by atoms with Gasteiger partial charge >= 0.3 is 16.5 Å². The highest BCUT2D eigenvalue weighted by atomic mass is 32.3. The summed E-state index contributed by atoms with van der Waals surface area (Å²) in [7, 11) is -4.30. The summed E-state index contributed by atoms with van der Waals surface area (Å²) in [5.41, 5.74) is 2.72. The van der Waals surface area contributed by atoms with E-state index in [0.29, 0.717) is 30.9 Å². The number of hydrogen-bond donors (Lipinski definition) is 1. The van der Waals surface area contributed by atoms with Crippen molar-refractivity contribution in [3.05, 3.63) is 53.1 Å². The Morgan fingerprint density at radius 3 is 2.59 bits per heavy atom. The Morgan fingerprint density at radius 1 is 1.09 bits per heavy atom. The number of oxime groups is 1. The van der Waals surface area contributed by atoms with Gasteiger partial charge in [-0.3, -0.25) is 5.32 Å². The molecule has 32 heavy (non-hydrogen) atoms. The number of fused-ring (bicyclic) bond motifs is 1. The van der Waals surface area contributed by atoms with E-state index in [0.717, 1.165) is 16.7 Å². The van der Waals surface area contributed by atoms with E-state index in [2.05, 4.69) is 14.8 Å². The number of carbonyl (C=O) groups excluding carboxylic acids is 1. The number of cyclic esters (lactones) is 1.